The number of carbonyl (C=O) groups is 2. The van der Waals surface area contributed by atoms with Crippen LogP contribution in [0.5, 0.6) is 0 Å². The Hall–Kier alpha value is -2.10. The lowest BCUT2D eigenvalue weighted by atomic mass is 10.1. The third-order valence-electron chi connectivity index (χ3n) is 5.03. The highest BCUT2D eigenvalue weighted by molar-refractivity contribution is 9.10. The molecule has 2 rings (SSSR count). The first-order chi connectivity index (χ1) is 15.6. The Morgan fingerprint density at radius 1 is 1.15 bits per heavy atom. The van der Waals surface area contributed by atoms with Crippen molar-refractivity contribution in [2.75, 3.05) is 17.1 Å². The number of amides is 2. The van der Waals surface area contributed by atoms with Gasteiger partial charge in [0, 0.05) is 21.6 Å². The average Bonchev–Trinajstić information content (AvgIpc) is 2.69. The van der Waals surface area contributed by atoms with Crippen molar-refractivity contribution in [3.05, 3.63) is 63.1 Å². The smallest absolute Gasteiger partial charge is 0.244 e. The number of nitrogens with one attached hydrogen (secondary N) is 1. The maximum atomic E-state index is 13.5. The molecule has 0 fully saturated rings. The van der Waals surface area contributed by atoms with E-state index in [1.165, 1.54) is 11.0 Å². The van der Waals surface area contributed by atoms with E-state index in [4.69, 9.17) is 11.6 Å². The van der Waals surface area contributed by atoms with Crippen LogP contribution in [-0.2, 0) is 26.2 Å². The summed E-state index contributed by atoms with van der Waals surface area (Å²) in [5.41, 5.74) is 1.37. The Morgan fingerprint density at radius 3 is 2.32 bits per heavy atom. The molecule has 1 unspecified atom stereocenters. The summed E-state index contributed by atoms with van der Waals surface area (Å²) >= 11 is 9.63. The molecule has 10 heteroatoms. The number of carbonyl (C=O) groups excluding carboxylic acids is 2. The van der Waals surface area contributed by atoms with E-state index in [1.807, 2.05) is 45.0 Å². The highest BCUT2D eigenvalue weighted by Gasteiger charge is 2.31. The molecular weight excluding hydrogens is 542 g/mol. The Labute approximate surface area is 215 Å². The number of hydrogen-bond acceptors (Lipinski definition) is 4. The van der Waals surface area contributed by atoms with Crippen molar-refractivity contribution in [1.82, 2.24) is 10.2 Å². The van der Waals surface area contributed by atoms with Crippen molar-refractivity contribution < 1.29 is 18.0 Å². The van der Waals surface area contributed by atoms with Gasteiger partial charge in [-0.25, -0.2) is 8.42 Å². The van der Waals surface area contributed by atoms with Gasteiger partial charge in [-0.05, 0) is 70.0 Å². The zero-order chi connectivity index (χ0) is 25.8. The SMILES string of the molecule is Cc1ccc(N(CC(=O)N(Cc2cccc(Br)c2)C(C)C(=O)NC(C)(C)C)S(C)(=O)=O)cc1Cl. The lowest BCUT2D eigenvalue weighted by Gasteiger charge is -2.33. The van der Waals surface area contributed by atoms with Gasteiger partial charge in [0.25, 0.3) is 0 Å². The summed E-state index contributed by atoms with van der Waals surface area (Å²) < 4.78 is 27.0. The van der Waals surface area contributed by atoms with E-state index in [0.29, 0.717) is 5.02 Å². The number of halogens is 2. The highest BCUT2D eigenvalue weighted by atomic mass is 79.9. The molecule has 0 aliphatic carbocycles. The fourth-order valence-corrected chi connectivity index (χ4v) is 4.70. The first-order valence-corrected chi connectivity index (χ1v) is 13.7. The molecule has 0 saturated carbocycles. The minimum atomic E-state index is -3.81. The van der Waals surface area contributed by atoms with Crippen molar-refractivity contribution in [3.63, 3.8) is 0 Å². The molecule has 1 N–H and O–H groups in total. The zero-order valence-electron chi connectivity index (χ0n) is 20.2. The molecule has 0 aromatic heterocycles. The molecular formula is C24H31BrClN3O4S. The Morgan fingerprint density at radius 2 is 1.79 bits per heavy atom. The second-order valence-corrected chi connectivity index (χ2v) is 12.5. The van der Waals surface area contributed by atoms with Crippen molar-refractivity contribution in [2.24, 2.45) is 0 Å². The molecule has 0 spiro atoms. The summed E-state index contributed by atoms with van der Waals surface area (Å²) in [6.45, 7) is 8.64. The van der Waals surface area contributed by atoms with Crippen LogP contribution in [0.4, 0.5) is 5.69 Å². The minimum absolute atomic E-state index is 0.128. The number of nitrogens with zero attached hydrogens (tertiary/aromatic N) is 2. The van der Waals surface area contributed by atoms with Crippen LogP contribution >= 0.6 is 27.5 Å². The largest absolute Gasteiger partial charge is 0.350 e. The van der Waals surface area contributed by atoms with Gasteiger partial charge in [-0.15, -0.1) is 0 Å². The second-order valence-electron chi connectivity index (χ2n) is 9.27. The van der Waals surface area contributed by atoms with Gasteiger partial charge >= 0.3 is 0 Å². The molecule has 2 aromatic carbocycles. The fraction of sp³-hybridized carbons (Fsp3) is 0.417. The van der Waals surface area contributed by atoms with Crippen LogP contribution in [0.1, 0.15) is 38.8 Å². The van der Waals surface area contributed by atoms with Gasteiger partial charge in [0.2, 0.25) is 21.8 Å². The van der Waals surface area contributed by atoms with Gasteiger partial charge in [0.05, 0.1) is 11.9 Å². The summed E-state index contributed by atoms with van der Waals surface area (Å²) in [5, 5.41) is 3.28. The topological polar surface area (TPSA) is 86.8 Å². The first-order valence-electron chi connectivity index (χ1n) is 10.7. The van der Waals surface area contributed by atoms with E-state index in [9.17, 15) is 18.0 Å². The molecule has 0 bridgehead atoms. The van der Waals surface area contributed by atoms with Gasteiger partial charge < -0.3 is 10.2 Å². The van der Waals surface area contributed by atoms with Crippen LogP contribution < -0.4 is 9.62 Å². The van der Waals surface area contributed by atoms with Crippen molar-refractivity contribution in [3.8, 4) is 0 Å². The van der Waals surface area contributed by atoms with E-state index in [0.717, 1.165) is 26.2 Å². The van der Waals surface area contributed by atoms with Crippen LogP contribution in [0.2, 0.25) is 5.02 Å². The number of rotatable bonds is 8. The number of aryl methyl sites for hydroxylation is 1. The predicted octanol–water partition coefficient (Wildman–Crippen LogP) is 4.51. The number of sulfonamides is 1. The summed E-state index contributed by atoms with van der Waals surface area (Å²) in [6.07, 6.45) is 1.03. The van der Waals surface area contributed by atoms with E-state index in [2.05, 4.69) is 21.2 Å². The standard InChI is InChI=1S/C24H31BrClN3O4S/c1-16-10-11-20(13-21(16)26)29(34(6,32)33)15-22(30)28(14-18-8-7-9-19(25)12-18)17(2)23(31)27-24(3,4)5/h7-13,17H,14-15H2,1-6H3,(H,27,31). The van der Waals surface area contributed by atoms with Crippen molar-refractivity contribution in [1.29, 1.82) is 0 Å². The lowest BCUT2D eigenvalue weighted by molar-refractivity contribution is -0.140. The quantitative estimate of drug-likeness (QED) is 0.504. The van der Waals surface area contributed by atoms with Gasteiger partial charge in [0.1, 0.15) is 12.6 Å². The van der Waals surface area contributed by atoms with Gasteiger partial charge in [-0.2, -0.15) is 0 Å². The van der Waals surface area contributed by atoms with Crippen LogP contribution in [0, 0.1) is 6.92 Å². The number of anilines is 1. The molecule has 7 nitrogen and oxygen atoms in total. The van der Waals surface area contributed by atoms with Gasteiger partial charge in [0.15, 0.2) is 0 Å². The highest BCUT2D eigenvalue weighted by Crippen LogP contribution is 2.25. The third-order valence-corrected chi connectivity index (χ3v) is 7.07. The second kappa shape index (κ2) is 11.1. The molecule has 0 radical (unpaired) electrons. The van der Waals surface area contributed by atoms with E-state index < -0.39 is 34.1 Å². The molecule has 0 heterocycles. The molecule has 0 aliphatic rings. The molecule has 0 saturated heterocycles. The third kappa shape index (κ3) is 7.99. The van der Waals surface area contributed by atoms with Crippen LogP contribution in [0.3, 0.4) is 0 Å². The van der Waals surface area contributed by atoms with Gasteiger partial charge in [-0.3, -0.25) is 13.9 Å². The fourth-order valence-electron chi connectivity index (χ4n) is 3.24. The van der Waals surface area contributed by atoms with Crippen molar-refractivity contribution in [2.45, 2.75) is 52.7 Å². The lowest BCUT2D eigenvalue weighted by Crippen LogP contribution is -2.54. The van der Waals surface area contributed by atoms with Crippen molar-refractivity contribution >= 4 is 55.1 Å². The summed E-state index contributed by atoms with van der Waals surface area (Å²) in [6, 6.07) is 11.4. The van der Waals surface area contributed by atoms with Crippen LogP contribution in [-0.4, -0.2) is 49.5 Å². The molecule has 1 atom stereocenters. The Balaban J connectivity index is 2.43. The van der Waals surface area contributed by atoms with E-state index in [1.54, 1.807) is 26.0 Å². The first kappa shape index (κ1) is 28.1. The average molecular weight is 573 g/mol. The van der Waals surface area contributed by atoms with E-state index >= 15 is 0 Å². The minimum Gasteiger partial charge on any atom is -0.350 e. The van der Waals surface area contributed by atoms with E-state index in [-0.39, 0.29) is 18.1 Å². The van der Waals surface area contributed by atoms with Crippen LogP contribution in [0.25, 0.3) is 0 Å². The molecule has 2 aromatic rings. The van der Waals surface area contributed by atoms with Gasteiger partial charge in [-0.1, -0.05) is 45.7 Å². The zero-order valence-corrected chi connectivity index (χ0v) is 23.4. The summed E-state index contributed by atoms with van der Waals surface area (Å²) in [7, 11) is -3.81. The Kier molecular flexibility index (Phi) is 9.18. The Bertz CT molecular complexity index is 1170. The monoisotopic (exact) mass is 571 g/mol. The number of hydrogen-bond donors (Lipinski definition) is 1. The molecule has 186 valence electrons. The molecule has 0 aliphatic heterocycles. The maximum absolute atomic E-state index is 13.5. The predicted molar refractivity (Wildman–Crippen MR) is 140 cm³/mol. The maximum Gasteiger partial charge on any atom is 0.244 e. The van der Waals surface area contributed by atoms with Crippen LogP contribution in [0.15, 0.2) is 46.9 Å². The normalized spacial score (nSPS) is 12.7. The molecule has 2 amide bonds. The number of benzene rings is 2. The summed E-state index contributed by atoms with van der Waals surface area (Å²) in [4.78, 5) is 27.8. The summed E-state index contributed by atoms with van der Waals surface area (Å²) in [5.74, 6) is -0.848. The molecule has 34 heavy (non-hydrogen) atoms.